The molecule has 1 aliphatic rings. The van der Waals surface area contributed by atoms with Crippen LogP contribution in [0.15, 0.2) is 51.7 Å². The number of carbonyl (C=O) groups is 11. The number of hydrogen-bond donors (Lipinski definition) is 10. The van der Waals surface area contributed by atoms with E-state index in [-0.39, 0.29) is 89.6 Å². The van der Waals surface area contributed by atoms with E-state index in [0.29, 0.717) is 6.42 Å². The van der Waals surface area contributed by atoms with Gasteiger partial charge < -0.3 is 90.6 Å². The maximum atomic E-state index is 15.1. The van der Waals surface area contributed by atoms with Crippen LogP contribution in [0, 0.1) is 41.4 Å². The van der Waals surface area contributed by atoms with Crippen molar-refractivity contribution in [3.63, 3.8) is 0 Å². The Hall–Kier alpha value is -9.48. The fourth-order valence-corrected chi connectivity index (χ4v) is 12.8. The number of rotatable bonds is 16. The standard InChI is InChI=1S/C62H111N11O12.C15H10O7/c1-25-27-28-40(15)52(75)51-56(79)65-43(26-2)58(81)67(18)33-48(74)68(19)44(29-34(3)4)55(78)66-49(38(11)12)61(84)69(20)45(30-35(5)6)54(77)63-41(16)53(76)64-42(17)57(80)70(21)46(31-36(7)8)59(82)71(22)47(32-37(9)10)60(83)72(23)50(39(13)14)62(85)73(51)24;16-7-4-10(19)12-11(5-7)22-15(14(21)13(12)20)6-1-2-8(17)9(18)3-6/h25,27,34-47,49-52,75H,26,28-33H2,1-24H3,(H,63,77)(H,64,76)(H,65,79)(H,66,78);1-5,16-19,21H. The highest BCUT2D eigenvalue weighted by molar-refractivity contribution is 6.00. The van der Waals surface area contributed by atoms with Gasteiger partial charge >= 0.3 is 0 Å². The second-order valence-corrected chi connectivity index (χ2v) is 30.7. The Morgan fingerprint density at radius 1 is 0.495 bits per heavy atom. The summed E-state index contributed by atoms with van der Waals surface area (Å²) in [5, 5.41) is 70.7. The minimum absolute atomic E-state index is 0.0229. The number of aliphatic hydroxyl groups is 1. The smallest absolute Gasteiger partial charge is 0.246 e. The van der Waals surface area contributed by atoms with Crippen LogP contribution < -0.4 is 26.7 Å². The normalized spacial score (nSPS) is 23.6. The highest BCUT2D eigenvalue weighted by Crippen LogP contribution is 2.38. The monoisotopic (exact) mass is 1500 g/mol. The minimum Gasteiger partial charge on any atom is -0.508 e. The third-order valence-electron chi connectivity index (χ3n) is 19.2. The van der Waals surface area contributed by atoms with E-state index in [1.54, 1.807) is 54.5 Å². The Bertz CT molecular complexity index is 3720. The van der Waals surface area contributed by atoms with E-state index < -0.39 is 178 Å². The van der Waals surface area contributed by atoms with Gasteiger partial charge in [0.1, 0.15) is 82.9 Å². The fraction of sp³-hybridized carbons (Fsp3) is 0.636. The number of benzene rings is 2. The lowest BCUT2D eigenvalue weighted by atomic mass is 9.91. The molecule has 0 bridgehead atoms. The van der Waals surface area contributed by atoms with Crippen molar-refractivity contribution in [1.82, 2.24) is 55.6 Å². The van der Waals surface area contributed by atoms with E-state index in [0.717, 1.165) is 34.1 Å². The molecule has 10 N–H and O–H groups in total. The topological polar surface area (TPSA) is 410 Å². The molecule has 1 fully saturated rings. The average molecular weight is 1500 g/mol. The lowest BCUT2D eigenvalue weighted by Gasteiger charge is -2.41. The van der Waals surface area contributed by atoms with Gasteiger partial charge in [-0.3, -0.25) is 57.5 Å². The quantitative estimate of drug-likeness (QED) is 0.0646. The Balaban J connectivity index is 0.00000113. The Kier molecular flexibility index (Phi) is 34.7. The molecule has 4 rings (SSSR count). The first kappa shape index (κ1) is 91.7. The van der Waals surface area contributed by atoms with E-state index >= 15 is 9.59 Å². The number of carbonyl (C=O) groups excluding carboxylic acids is 11. The molecule has 1 aliphatic heterocycles. The molecule has 1 saturated heterocycles. The van der Waals surface area contributed by atoms with Crippen molar-refractivity contribution in [2.45, 2.75) is 223 Å². The molecule has 12 atom stereocenters. The number of hydrogen-bond acceptors (Lipinski definition) is 19. The van der Waals surface area contributed by atoms with Crippen molar-refractivity contribution in [3.05, 3.63) is 52.7 Å². The summed E-state index contributed by atoms with van der Waals surface area (Å²) in [6.45, 7) is 29.3. The molecule has 12 unspecified atom stereocenters. The van der Waals surface area contributed by atoms with Gasteiger partial charge in [0.2, 0.25) is 76.2 Å². The molecule has 0 saturated carbocycles. The molecule has 598 valence electrons. The molecule has 0 aliphatic carbocycles. The number of aliphatic hydroxyl groups excluding tert-OH is 1. The van der Waals surface area contributed by atoms with Gasteiger partial charge in [0, 0.05) is 67.0 Å². The van der Waals surface area contributed by atoms with Gasteiger partial charge in [0.15, 0.2) is 17.3 Å². The largest absolute Gasteiger partial charge is 0.508 e. The summed E-state index contributed by atoms with van der Waals surface area (Å²) in [5.74, 6) is -12.4. The third kappa shape index (κ3) is 24.0. The lowest BCUT2D eigenvalue weighted by Crippen LogP contribution is -2.63. The van der Waals surface area contributed by atoms with Crippen LogP contribution in [0.5, 0.6) is 28.7 Å². The number of amides is 11. The van der Waals surface area contributed by atoms with Crippen molar-refractivity contribution >= 4 is 75.9 Å². The van der Waals surface area contributed by atoms with Crippen LogP contribution in [-0.2, 0) is 52.7 Å². The van der Waals surface area contributed by atoms with Crippen LogP contribution in [0.25, 0.3) is 22.3 Å². The van der Waals surface area contributed by atoms with Crippen LogP contribution in [0.3, 0.4) is 0 Å². The summed E-state index contributed by atoms with van der Waals surface area (Å²) >= 11 is 0. The summed E-state index contributed by atoms with van der Waals surface area (Å²) < 4.78 is 5.35. The zero-order valence-electron chi connectivity index (χ0n) is 67.0. The summed E-state index contributed by atoms with van der Waals surface area (Å²) in [4.78, 5) is 181. The zero-order valence-corrected chi connectivity index (χ0v) is 67.0. The van der Waals surface area contributed by atoms with Gasteiger partial charge in [0.25, 0.3) is 0 Å². The van der Waals surface area contributed by atoms with Crippen molar-refractivity contribution in [2.75, 3.05) is 55.9 Å². The second-order valence-electron chi connectivity index (χ2n) is 30.7. The number of allylic oxidation sites excluding steroid dienone is 2. The van der Waals surface area contributed by atoms with Crippen molar-refractivity contribution in [3.8, 4) is 40.1 Å². The molecule has 0 radical (unpaired) electrons. The first-order valence-electron chi connectivity index (χ1n) is 36.7. The number of likely N-dealkylation sites (N-methyl/N-ethyl adjacent to an activating group) is 7. The first-order valence-corrected chi connectivity index (χ1v) is 36.7. The van der Waals surface area contributed by atoms with E-state index in [1.807, 2.05) is 61.5 Å². The number of phenolic OH excluding ortho intramolecular Hbond substituents is 4. The average Bonchev–Trinajstić information content (AvgIpc) is 0.771. The van der Waals surface area contributed by atoms with Crippen LogP contribution in [0.4, 0.5) is 0 Å². The minimum atomic E-state index is -1.61. The van der Waals surface area contributed by atoms with E-state index in [1.165, 1.54) is 93.7 Å². The first-order chi connectivity index (χ1) is 49.6. The van der Waals surface area contributed by atoms with Gasteiger partial charge in [-0.2, -0.15) is 0 Å². The van der Waals surface area contributed by atoms with Gasteiger partial charge in [-0.05, 0) is 119 Å². The highest BCUT2D eigenvalue weighted by atomic mass is 16.4. The summed E-state index contributed by atoms with van der Waals surface area (Å²) in [5.41, 5.74) is -0.890. The summed E-state index contributed by atoms with van der Waals surface area (Å²) in [6.07, 6.45) is 3.04. The summed E-state index contributed by atoms with van der Waals surface area (Å²) in [7, 11) is 9.92. The van der Waals surface area contributed by atoms with Crippen molar-refractivity contribution < 1.29 is 87.8 Å². The molecule has 107 heavy (non-hydrogen) atoms. The molecule has 3 aromatic rings. The molecular formula is C77H121N11O19. The fourth-order valence-electron chi connectivity index (χ4n) is 12.8. The van der Waals surface area contributed by atoms with Gasteiger partial charge in [-0.1, -0.05) is 109 Å². The highest BCUT2D eigenvalue weighted by Gasteiger charge is 2.46. The van der Waals surface area contributed by atoms with Crippen LogP contribution >= 0.6 is 0 Å². The van der Waals surface area contributed by atoms with Crippen LogP contribution in [-0.4, -0.2) is 252 Å². The molecular weight excluding hydrogens is 1380 g/mol. The lowest BCUT2D eigenvalue weighted by molar-refractivity contribution is -0.157. The number of nitrogens with one attached hydrogen (secondary N) is 4. The Labute approximate surface area is 629 Å². The third-order valence-corrected chi connectivity index (χ3v) is 19.2. The maximum absolute atomic E-state index is 15.1. The summed E-state index contributed by atoms with van der Waals surface area (Å²) in [6, 6.07) is -6.69. The van der Waals surface area contributed by atoms with Crippen LogP contribution in [0.2, 0.25) is 0 Å². The Morgan fingerprint density at radius 3 is 1.47 bits per heavy atom. The van der Waals surface area contributed by atoms with Gasteiger partial charge in [-0.15, -0.1) is 0 Å². The number of fused-ring (bicyclic) bond motifs is 1. The predicted octanol–water partition coefficient (Wildman–Crippen LogP) is 5.26. The maximum Gasteiger partial charge on any atom is 0.246 e. The molecule has 30 heteroatoms. The molecule has 2 aromatic carbocycles. The van der Waals surface area contributed by atoms with E-state index in [2.05, 4.69) is 21.3 Å². The zero-order chi connectivity index (χ0) is 82.0. The molecule has 11 amide bonds. The van der Waals surface area contributed by atoms with Gasteiger partial charge in [0.05, 0.1) is 12.6 Å². The second kappa shape index (κ2) is 40.5. The predicted molar refractivity (Wildman–Crippen MR) is 405 cm³/mol. The molecule has 30 nitrogen and oxygen atoms in total. The molecule has 0 spiro atoms. The Morgan fingerprint density at radius 2 is 0.972 bits per heavy atom. The van der Waals surface area contributed by atoms with E-state index in [9.17, 15) is 78.6 Å². The van der Waals surface area contributed by atoms with Crippen molar-refractivity contribution in [2.24, 2.45) is 41.4 Å². The van der Waals surface area contributed by atoms with Crippen molar-refractivity contribution in [1.29, 1.82) is 0 Å². The molecule has 2 heterocycles. The number of nitrogens with zero attached hydrogens (tertiary/aromatic N) is 7. The van der Waals surface area contributed by atoms with Crippen LogP contribution in [0.1, 0.15) is 156 Å². The van der Waals surface area contributed by atoms with E-state index in [4.69, 9.17) is 4.42 Å². The SMILES string of the molecule is CC=CCC(C)C(O)C1C(=O)NC(CC)C(=O)N(C)CC(=O)N(C)C(CC(C)C)C(=O)NC(C(C)C)C(=O)N(C)C(CC(C)C)C(=O)NC(C)C(=O)NC(C)C(=O)N(C)C(CC(C)C)C(=O)N(C)C(CC(C)C)C(=O)N(C)C(C(C)C)C(=O)N1C.O=c1c(O)c(-c2ccc(O)c(O)c2)oc2cc(O)cc(O)c12. The van der Waals surface area contributed by atoms with Gasteiger partial charge in [-0.25, -0.2) is 0 Å². The number of phenols is 4. The molecule has 1 aromatic heterocycles. The number of aromatic hydroxyl groups is 5.